The van der Waals surface area contributed by atoms with Gasteiger partial charge in [0.05, 0.1) is 10.6 Å². The zero-order chi connectivity index (χ0) is 15.4. The molecule has 0 aliphatic heterocycles. The van der Waals surface area contributed by atoms with Gasteiger partial charge in [0.15, 0.2) is 0 Å². The van der Waals surface area contributed by atoms with E-state index >= 15 is 0 Å². The standard InChI is InChI=1S/C15H19N3O3/c1-10(15-11(2)17-21-12(15)3)8-16-9-13-5-4-6-14(7-13)18(19)20/h4-7,10,16H,8-9H2,1-3H3/t10-/m0/s1. The Kier molecular flexibility index (Phi) is 4.70. The quantitative estimate of drug-likeness (QED) is 0.652. The molecule has 0 radical (unpaired) electrons. The van der Waals surface area contributed by atoms with Gasteiger partial charge in [0.1, 0.15) is 5.76 Å². The second-order valence-corrected chi connectivity index (χ2v) is 5.20. The van der Waals surface area contributed by atoms with Crippen LogP contribution < -0.4 is 5.32 Å². The van der Waals surface area contributed by atoms with Gasteiger partial charge in [-0.3, -0.25) is 10.1 Å². The molecule has 0 saturated carbocycles. The molecule has 0 amide bonds. The second-order valence-electron chi connectivity index (χ2n) is 5.20. The minimum absolute atomic E-state index is 0.119. The molecule has 0 saturated heterocycles. The lowest BCUT2D eigenvalue weighted by molar-refractivity contribution is -0.384. The van der Waals surface area contributed by atoms with Crippen LogP contribution in [0.5, 0.6) is 0 Å². The van der Waals surface area contributed by atoms with Crippen LogP contribution in [0.1, 0.15) is 35.4 Å². The van der Waals surface area contributed by atoms with Crippen molar-refractivity contribution < 1.29 is 9.45 Å². The van der Waals surface area contributed by atoms with E-state index in [4.69, 9.17) is 4.52 Å². The molecule has 1 atom stereocenters. The minimum atomic E-state index is -0.379. The number of benzene rings is 1. The average Bonchev–Trinajstić information content (AvgIpc) is 2.78. The van der Waals surface area contributed by atoms with Gasteiger partial charge >= 0.3 is 0 Å². The Morgan fingerprint density at radius 1 is 1.43 bits per heavy atom. The number of nitro benzene ring substituents is 1. The molecule has 0 aliphatic rings. The summed E-state index contributed by atoms with van der Waals surface area (Å²) in [5, 5.41) is 18.0. The van der Waals surface area contributed by atoms with Crippen molar-refractivity contribution in [3.8, 4) is 0 Å². The minimum Gasteiger partial charge on any atom is -0.361 e. The van der Waals surface area contributed by atoms with Crippen molar-refractivity contribution in [2.45, 2.75) is 33.2 Å². The van der Waals surface area contributed by atoms with Crippen LogP contribution in [0.15, 0.2) is 28.8 Å². The summed E-state index contributed by atoms with van der Waals surface area (Å²) in [6.07, 6.45) is 0. The first-order chi connectivity index (χ1) is 9.99. The van der Waals surface area contributed by atoms with Gasteiger partial charge in [-0.25, -0.2) is 0 Å². The molecule has 6 nitrogen and oxygen atoms in total. The number of aromatic nitrogens is 1. The Labute approximate surface area is 123 Å². The fourth-order valence-corrected chi connectivity index (χ4v) is 2.51. The number of hydrogen-bond donors (Lipinski definition) is 1. The molecule has 2 rings (SSSR count). The monoisotopic (exact) mass is 289 g/mol. The number of nitro groups is 1. The zero-order valence-electron chi connectivity index (χ0n) is 12.4. The predicted molar refractivity (Wildman–Crippen MR) is 79.2 cm³/mol. The summed E-state index contributed by atoms with van der Waals surface area (Å²) in [6, 6.07) is 6.66. The first-order valence-electron chi connectivity index (χ1n) is 6.86. The van der Waals surface area contributed by atoms with Gasteiger partial charge in [0, 0.05) is 30.8 Å². The highest BCUT2D eigenvalue weighted by Crippen LogP contribution is 2.22. The Morgan fingerprint density at radius 2 is 2.19 bits per heavy atom. The lowest BCUT2D eigenvalue weighted by atomic mass is 9.99. The topological polar surface area (TPSA) is 81.2 Å². The van der Waals surface area contributed by atoms with E-state index in [1.165, 1.54) is 6.07 Å². The van der Waals surface area contributed by atoms with Gasteiger partial charge in [-0.15, -0.1) is 0 Å². The maximum atomic E-state index is 10.7. The van der Waals surface area contributed by atoms with Gasteiger partial charge in [0.2, 0.25) is 0 Å². The third kappa shape index (κ3) is 3.66. The molecule has 0 spiro atoms. The van der Waals surface area contributed by atoms with E-state index in [1.807, 2.05) is 19.9 Å². The van der Waals surface area contributed by atoms with Crippen LogP contribution in [-0.2, 0) is 6.54 Å². The Balaban J connectivity index is 1.92. The Bertz CT molecular complexity index is 617. The van der Waals surface area contributed by atoms with E-state index in [9.17, 15) is 10.1 Å². The summed E-state index contributed by atoms with van der Waals surface area (Å²) in [4.78, 5) is 10.4. The van der Waals surface area contributed by atoms with Crippen LogP contribution in [-0.4, -0.2) is 16.6 Å². The zero-order valence-corrected chi connectivity index (χ0v) is 12.4. The summed E-state index contributed by atoms with van der Waals surface area (Å²) in [5.41, 5.74) is 3.06. The molecule has 0 aliphatic carbocycles. The molecule has 1 aromatic carbocycles. The molecular weight excluding hydrogens is 270 g/mol. The third-order valence-corrected chi connectivity index (χ3v) is 3.48. The maximum absolute atomic E-state index is 10.7. The molecular formula is C15H19N3O3. The summed E-state index contributed by atoms with van der Waals surface area (Å²) < 4.78 is 5.17. The largest absolute Gasteiger partial charge is 0.361 e. The van der Waals surface area contributed by atoms with E-state index in [0.717, 1.165) is 29.1 Å². The van der Waals surface area contributed by atoms with Crippen molar-refractivity contribution in [3.63, 3.8) is 0 Å². The smallest absolute Gasteiger partial charge is 0.269 e. The van der Waals surface area contributed by atoms with Gasteiger partial charge in [0.25, 0.3) is 5.69 Å². The molecule has 1 N–H and O–H groups in total. The summed E-state index contributed by atoms with van der Waals surface area (Å²) in [6.45, 7) is 7.29. The van der Waals surface area contributed by atoms with Gasteiger partial charge in [-0.2, -0.15) is 0 Å². The summed E-state index contributed by atoms with van der Waals surface area (Å²) >= 11 is 0. The van der Waals surface area contributed by atoms with Crippen molar-refractivity contribution in [1.29, 1.82) is 0 Å². The normalized spacial score (nSPS) is 12.3. The predicted octanol–water partition coefficient (Wildman–Crippen LogP) is 3.09. The van der Waals surface area contributed by atoms with Crippen LogP contribution >= 0.6 is 0 Å². The van der Waals surface area contributed by atoms with Gasteiger partial charge in [-0.1, -0.05) is 24.2 Å². The van der Waals surface area contributed by atoms with Crippen molar-refractivity contribution in [2.75, 3.05) is 6.54 Å². The van der Waals surface area contributed by atoms with Crippen LogP contribution in [0.2, 0.25) is 0 Å². The van der Waals surface area contributed by atoms with E-state index in [-0.39, 0.29) is 16.5 Å². The summed E-state index contributed by atoms with van der Waals surface area (Å²) in [5.74, 6) is 1.12. The first kappa shape index (κ1) is 15.2. The molecule has 112 valence electrons. The molecule has 1 aromatic heterocycles. The number of hydrogen-bond acceptors (Lipinski definition) is 5. The molecule has 6 heteroatoms. The average molecular weight is 289 g/mol. The number of nitrogens with zero attached hydrogens (tertiary/aromatic N) is 2. The Hall–Kier alpha value is -2.21. The number of non-ortho nitro benzene ring substituents is 1. The summed E-state index contributed by atoms with van der Waals surface area (Å²) in [7, 11) is 0. The number of nitrogens with one attached hydrogen (secondary N) is 1. The highest BCUT2D eigenvalue weighted by atomic mass is 16.6. The lowest BCUT2D eigenvalue weighted by Gasteiger charge is -2.12. The van der Waals surface area contributed by atoms with Gasteiger partial charge < -0.3 is 9.84 Å². The van der Waals surface area contributed by atoms with Crippen LogP contribution in [0.25, 0.3) is 0 Å². The molecule has 0 unspecified atom stereocenters. The van der Waals surface area contributed by atoms with Crippen molar-refractivity contribution >= 4 is 5.69 Å². The highest BCUT2D eigenvalue weighted by molar-refractivity contribution is 5.34. The van der Waals surface area contributed by atoms with E-state index in [0.29, 0.717) is 6.54 Å². The fourth-order valence-electron chi connectivity index (χ4n) is 2.51. The molecule has 21 heavy (non-hydrogen) atoms. The lowest BCUT2D eigenvalue weighted by Crippen LogP contribution is -2.20. The molecule has 1 heterocycles. The van der Waals surface area contributed by atoms with Crippen LogP contribution in [0.3, 0.4) is 0 Å². The second kappa shape index (κ2) is 6.49. The SMILES string of the molecule is Cc1noc(C)c1[C@@H](C)CNCc1cccc([N+](=O)[O-])c1. The van der Waals surface area contributed by atoms with Crippen LogP contribution in [0.4, 0.5) is 5.69 Å². The number of rotatable bonds is 6. The fraction of sp³-hybridized carbons (Fsp3) is 0.400. The number of aryl methyl sites for hydroxylation is 2. The highest BCUT2D eigenvalue weighted by Gasteiger charge is 2.16. The van der Waals surface area contributed by atoms with E-state index in [1.54, 1.807) is 12.1 Å². The molecule has 0 bridgehead atoms. The maximum Gasteiger partial charge on any atom is 0.269 e. The molecule has 2 aromatic rings. The van der Waals surface area contributed by atoms with Crippen molar-refractivity contribution in [2.24, 2.45) is 0 Å². The van der Waals surface area contributed by atoms with Crippen molar-refractivity contribution in [1.82, 2.24) is 10.5 Å². The van der Waals surface area contributed by atoms with Crippen molar-refractivity contribution in [3.05, 3.63) is 57.0 Å². The van der Waals surface area contributed by atoms with Crippen LogP contribution in [0, 0.1) is 24.0 Å². The van der Waals surface area contributed by atoms with Gasteiger partial charge in [-0.05, 0) is 25.3 Å². The van der Waals surface area contributed by atoms with E-state index in [2.05, 4.69) is 17.4 Å². The molecule has 0 fully saturated rings. The first-order valence-corrected chi connectivity index (χ1v) is 6.86. The third-order valence-electron chi connectivity index (χ3n) is 3.48. The van der Waals surface area contributed by atoms with E-state index < -0.39 is 0 Å². The Morgan fingerprint density at radius 3 is 2.81 bits per heavy atom.